The molecule has 4 aliphatic heterocycles. The minimum atomic E-state index is -0.625. The van der Waals surface area contributed by atoms with Gasteiger partial charge in [0.25, 0.3) is 5.91 Å². The van der Waals surface area contributed by atoms with E-state index in [-0.39, 0.29) is 41.0 Å². The molecule has 3 saturated heterocycles. The van der Waals surface area contributed by atoms with Crippen molar-refractivity contribution in [2.45, 2.75) is 57.2 Å². The van der Waals surface area contributed by atoms with Crippen molar-refractivity contribution < 1.29 is 28.7 Å². The van der Waals surface area contributed by atoms with E-state index in [2.05, 4.69) is 41.5 Å². The SMILES string of the molecule is O=C1CCC(N2Cc3cc(N4CCN(CCCC(=O)N5CCC(Nc6ncnc7[nH]cc(C(=O)c8ccc(Oc9ccccc9)cc8Cl)c67)CC5)CC4)ccc3C2=O)C(=O)N1. The molecule has 15 nitrogen and oxygen atoms in total. The van der Waals surface area contributed by atoms with Gasteiger partial charge in [0, 0.05) is 93.8 Å². The lowest BCUT2D eigenvalue weighted by Gasteiger charge is -2.36. The maximum Gasteiger partial charge on any atom is 0.255 e. The number of halogens is 1. The van der Waals surface area contributed by atoms with Crippen LogP contribution in [0.15, 0.2) is 79.3 Å². The number of anilines is 2. The van der Waals surface area contributed by atoms with Gasteiger partial charge in [-0.25, -0.2) is 9.97 Å². The maximum atomic E-state index is 13.8. The number of imide groups is 1. The summed E-state index contributed by atoms with van der Waals surface area (Å²) in [5, 5.41) is 6.76. The van der Waals surface area contributed by atoms with Gasteiger partial charge in [-0.3, -0.25) is 34.2 Å². The summed E-state index contributed by atoms with van der Waals surface area (Å²) >= 11 is 6.62. The van der Waals surface area contributed by atoms with Gasteiger partial charge >= 0.3 is 0 Å². The lowest BCUT2D eigenvalue weighted by molar-refractivity contribution is -0.137. The molecule has 3 fully saturated rings. The third kappa shape index (κ3) is 8.53. The summed E-state index contributed by atoms with van der Waals surface area (Å²) in [6.45, 7) is 5.88. The molecule has 16 heteroatoms. The van der Waals surface area contributed by atoms with E-state index in [1.807, 2.05) is 47.4 Å². The molecule has 3 aromatic carbocycles. The fraction of sp³-hybridized carbons (Fsp3) is 0.356. The molecule has 0 spiro atoms. The van der Waals surface area contributed by atoms with Crippen molar-refractivity contribution in [3.05, 3.63) is 107 Å². The van der Waals surface area contributed by atoms with Crippen LogP contribution in [0.5, 0.6) is 11.5 Å². The number of hydrogen-bond donors (Lipinski definition) is 3. The van der Waals surface area contributed by atoms with Gasteiger partial charge in [-0.1, -0.05) is 29.8 Å². The molecule has 0 radical (unpaired) electrons. The Morgan fingerprint density at radius 3 is 2.44 bits per heavy atom. The molecule has 61 heavy (non-hydrogen) atoms. The number of rotatable bonds is 12. The van der Waals surface area contributed by atoms with Crippen molar-refractivity contribution in [1.29, 1.82) is 0 Å². The molecule has 9 rings (SSSR count). The number of amides is 4. The Balaban J connectivity index is 0.727. The van der Waals surface area contributed by atoms with Gasteiger partial charge in [0.1, 0.15) is 35.3 Å². The number of hydrogen-bond acceptors (Lipinski definition) is 11. The highest BCUT2D eigenvalue weighted by Gasteiger charge is 2.39. The van der Waals surface area contributed by atoms with Crippen LogP contribution in [-0.4, -0.2) is 117 Å². The average molecular weight is 844 g/mol. The monoisotopic (exact) mass is 843 g/mol. The van der Waals surface area contributed by atoms with E-state index in [1.54, 1.807) is 29.3 Å². The first-order valence-corrected chi connectivity index (χ1v) is 21.2. The number of carbonyl (C=O) groups is 5. The van der Waals surface area contributed by atoms with E-state index in [0.717, 1.165) is 63.2 Å². The van der Waals surface area contributed by atoms with Crippen LogP contribution < -0.4 is 20.3 Å². The Morgan fingerprint density at radius 1 is 0.869 bits per heavy atom. The first-order chi connectivity index (χ1) is 29.7. The van der Waals surface area contributed by atoms with E-state index in [4.69, 9.17) is 16.3 Å². The summed E-state index contributed by atoms with van der Waals surface area (Å²) in [7, 11) is 0. The summed E-state index contributed by atoms with van der Waals surface area (Å²) in [5.41, 5.74) is 3.85. The zero-order valence-electron chi connectivity index (χ0n) is 33.6. The van der Waals surface area contributed by atoms with Crippen molar-refractivity contribution in [3.8, 4) is 11.5 Å². The summed E-state index contributed by atoms with van der Waals surface area (Å²) in [6, 6.07) is 19.7. The van der Waals surface area contributed by atoms with Gasteiger partial charge in [-0.05, 0) is 80.3 Å². The van der Waals surface area contributed by atoms with Gasteiger partial charge in [0.2, 0.25) is 17.7 Å². The first kappa shape index (κ1) is 40.1. The fourth-order valence-corrected chi connectivity index (χ4v) is 9.09. The van der Waals surface area contributed by atoms with Crippen LogP contribution in [-0.2, 0) is 20.9 Å². The van der Waals surface area contributed by atoms with Crippen LogP contribution in [0.3, 0.4) is 0 Å². The Kier molecular flexibility index (Phi) is 11.4. The Bertz CT molecular complexity index is 2500. The minimum Gasteiger partial charge on any atom is -0.457 e. The molecule has 5 aromatic rings. The summed E-state index contributed by atoms with van der Waals surface area (Å²) in [4.78, 5) is 84.5. The third-order valence-corrected chi connectivity index (χ3v) is 12.5. The Hall–Kier alpha value is -6.32. The number of nitrogens with zero attached hydrogens (tertiary/aromatic N) is 6. The standard InChI is InChI=1S/C45H46ClN9O6/c46-36-24-32(61-31-5-2-1-3-6-31)9-11-34(36)41(58)35-25-47-42-40(35)43(49-27-48-42)50-29-14-17-54(18-15-29)39(57)7-4-16-52-19-21-53(22-20-52)30-8-10-33-28(23-30)26-55(45(33)60)37-12-13-38(56)51-44(37)59/h1-3,5-6,8-11,23-25,27,29,37H,4,7,12-22,26H2,(H,51,56,59)(H2,47,48,49,50). The number of aromatic nitrogens is 3. The molecule has 314 valence electrons. The lowest BCUT2D eigenvalue weighted by Crippen LogP contribution is -2.52. The molecular formula is C45H46ClN9O6. The number of benzene rings is 3. The zero-order valence-corrected chi connectivity index (χ0v) is 34.3. The number of nitrogens with one attached hydrogen (secondary N) is 3. The lowest BCUT2D eigenvalue weighted by atomic mass is 10.0. The molecule has 4 aliphatic rings. The number of H-pyrrole nitrogens is 1. The van der Waals surface area contributed by atoms with Crippen LogP contribution in [0, 0.1) is 0 Å². The van der Waals surface area contributed by atoms with Crippen LogP contribution in [0.2, 0.25) is 5.02 Å². The van der Waals surface area contributed by atoms with E-state index >= 15 is 0 Å². The second-order valence-corrected chi connectivity index (χ2v) is 16.4. The molecule has 0 saturated carbocycles. The molecule has 3 N–H and O–H groups in total. The summed E-state index contributed by atoms with van der Waals surface area (Å²) in [5.74, 6) is 0.782. The minimum absolute atomic E-state index is 0.0599. The van der Waals surface area contributed by atoms with Crippen LogP contribution >= 0.6 is 11.6 Å². The smallest absolute Gasteiger partial charge is 0.255 e. The average Bonchev–Trinajstić information content (AvgIpc) is 3.85. The topological polar surface area (TPSA) is 173 Å². The predicted molar refractivity (Wildman–Crippen MR) is 229 cm³/mol. The van der Waals surface area contributed by atoms with Crippen molar-refractivity contribution in [2.24, 2.45) is 0 Å². The molecule has 2 aromatic heterocycles. The number of aromatic amines is 1. The first-order valence-electron chi connectivity index (χ1n) is 20.9. The van der Waals surface area contributed by atoms with Crippen LogP contribution in [0.1, 0.15) is 70.4 Å². The fourth-order valence-electron chi connectivity index (χ4n) is 8.83. The van der Waals surface area contributed by atoms with Crippen molar-refractivity contribution in [2.75, 3.05) is 56.0 Å². The number of fused-ring (bicyclic) bond motifs is 2. The van der Waals surface area contributed by atoms with E-state index in [1.165, 1.54) is 6.33 Å². The van der Waals surface area contributed by atoms with Crippen molar-refractivity contribution in [3.63, 3.8) is 0 Å². The quantitative estimate of drug-likeness (QED) is 0.108. The van der Waals surface area contributed by atoms with Gasteiger partial charge in [-0.2, -0.15) is 0 Å². The highest BCUT2D eigenvalue weighted by atomic mass is 35.5. The number of piperidine rings is 2. The second-order valence-electron chi connectivity index (χ2n) is 16.0. The summed E-state index contributed by atoms with van der Waals surface area (Å²) < 4.78 is 5.89. The van der Waals surface area contributed by atoms with Gasteiger partial charge in [0.05, 0.1) is 16.0 Å². The van der Waals surface area contributed by atoms with E-state index in [0.29, 0.717) is 77.5 Å². The third-order valence-electron chi connectivity index (χ3n) is 12.2. The van der Waals surface area contributed by atoms with E-state index in [9.17, 15) is 24.0 Å². The molecule has 6 heterocycles. The number of para-hydroxylation sites is 1. The Labute approximate surface area is 357 Å². The van der Waals surface area contributed by atoms with Crippen molar-refractivity contribution in [1.82, 2.24) is 35.0 Å². The number of ether oxygens (including phenoxy) is 1. The number of piperazine rings is 1. The van der Waals surface area contributed by atoms with Gasteiger partial charge in [0.15, 0.2) is 5.78 Å². The molecule has 4 amide bonds. The zero-order chi connectivity index (χ0) is 42.0. The number of likely N-dealkylation sites (tertiary alicyclic amines) is 1. The molecule has 0 bridgehead atoms. The second kappa shape index (κ2) is 17.3. The van der Waals surface area contributed by atoms with Crippen LogP contribution in [0.4, 0.5) is 11.5 Å². The number of carbonyl (C=O) groups excluding carboxylic acids is 5. The van der Waals surface area contributed by atoms with Gasteiger partial charge in [-0.15, -0.1) is 0 Å². The summed E-state index contributed by atoms with van der Waals surface area (Å²) in [6.07, 6.45) is 6.44. The normalized spacial score (nSPS) is 18.7. The molecular weight excluding hydrogens is 798 g/mol. The molecule has 1 atom stereocenters. The van der Waals surface area contributed by atoms with Crippen LogP contribution in [0.25, 0.3) is 11.0 Å². The number of ketones is 1. The highest BCUT2D eigenvalue weighted by molar-refractivity contribution is 6.35. The predicted octanol–water partition coefficient (Wildman–Crippen LogP) is 5.40. The molecule has 0 aliphatic carbocycles. The largest absolute Gasteiger partial charge is 0.457 e. The van der Waals surface area contributed by atoms with E-state index < -0.39 is 11.9 Å². The van der Waals surface area contributed by atoms with Gasteiger partial charge < -0.3 is 29.7 Å². The molecule has 1 unspecified atom stereocenters. The highest BCUT2D eigenvalue weighted by Crippen LogP contribution is 2.33. The van der Waals surface area contributed by atoms with Crippen molar-refractivity contribution >= 4 is 63.6 Å². The maximum absolute atomic E-state index is 13.8. The Morgan fingerprint density at radius 2 is 1.67 bits per heavy atom.